The Labute approximate surface area is 89.6 Å². The lowest BCUT2D eigenvalue weighted by molar-refractivity contribution is 0.300. The molecule has 1 aromatic carbocycles. The smallest absolute Gasteiger partial charge is 0.135 e. The molecule has 0 heterocycles. The molecule has 3 N–H and O–H groups in total. The predicted molar refractivity (Wildman–Crippen MR) is 56.0 cm³/mol. The largest absolute Gasteiger partial charge is 0.395 e. The van der Waals surface area contributed by atoms with Crippen LogP contribution in [-0.4, -0.2) is 24.1 Å². The van der Waals surface area contributed by atoms with Crippen molar-refractivity contribution in [2.75, 3.05) is 13.2 Å². The van der Waals surface area contributed by atoms with Crippen LogP contribution in [0.5, 0.6) is 0 Å². The van der Waals surface area contributed by atoms with Gasteiger partial charge in [0.25, 0.3) is 0 Å². The third kappa shape index (κ3) is 2.78. The lowest BCUT2D eigenvalue weighted by Gasteiger charge is -2.07. The second kappa shape index (κ2) is 5.07. The molecule has 76 valence electrons. The van der Waals surface area contributed by atoms with E-state index in [0.29, 0.717) is 4.47 Å². The van der Waals surface area contributed by atoms with Crippen molar-refractivity contribution in [1.29, 1.82) is 5.41 Å². The second-order valence-corrected chi connectivity index (χ2v) is 3.57. The Morgan fingerprint density at radius 3 is 2.86 bits per heavy atom. The molecule has 0 radical (unpaired) electrons. The minimum atomic E-state index is -0.463. The summed E-state index contributed by atoms with van der Waals surface area (Å²) in [5, 5.41) is 18.6. The van der Waals surface area contributed by atoms with Crippen LogP contribution < -0.4 is 5.32 Å². The van der Waals surface area contributed by atoms with Crippen LogP contribution in [0.15, 0.2) is 22.7 Å². The number of aliphatic hydroxyl groups excluding tert-OH is 1. The van der Waals surface area contributed by atoms with Gasteiger partial charge in [-0.3, -0.25) is 5.41 Å². The molecule has 0 aliphatic rings. The van der Waals surface area contributed by atoms with Crippen LogP contribution in [-0.2, 0) is 0 Å². The van der Waals surface area contributed by atoms with E-state index < -0.39 is 5.82 Å². The quantitative estimate of drug-likeness (QED) is 0.570. The van der Waals surface area contributed by atoms with Crippen LogP contribution in [0.4, 0.5) is 4.39 Å². The molecule has 0 aromatic heterocycles. The summed E-state index contributed by atoms with van der Waals surface area (Å²) in [5.74, 6) is -0.487. The maximum atomic E-state index is 13.3. The third-order valence-corrected chi connectivity index (χ3v) is 2.11. The highest BCUT2D eigenvalue weighted by atomic mass is 79.9. The lowest BCUT2D eigenvalue weighted by atomic mass is 10.2. The maximum absolute atomic E-state index is 13.3. The summed E-state index contributed by atoms with van der Waals surface area (Å²) in [6.07, 6.45) is 0. The van der Waals surface area contributed by atoms with Crippen molar-refractivity contribution in [1.82, 2.24) is 5.32 Å². The van der Waals surface area contributed by atoms with Crippen LogP contribution >= 0.6 is 15.9 Å². The van der Waals surface area contributed by atoms with E-state index in [0.717, 1.165) is 0 Å². The maximum Gasteiger partial charge on any atom is 0.135 e. The lowest BCUT2D eigenvalue weighted by Crippen LogP contribution is -2.27. The summed E-state index contributed by atoms with van der Waals surface area (Å²) >= 11 is 3.13. The molecule has 5 heteroatoms. The van der Waals surface area contributed by atoms with Crippen molar-refractivity contribution in [2.45, 2.75) is 0 Å². The number of aliphatic hydroxyl groups is 1. The zero-order valence-corrected chi connectivity index (χ0v) is 8.94. The fourth-order valence-corrected chi connectivity index (χ4v) is 1.30. The van der Waals surface area contributed by atoms with Crippen molar-refractivity contribution < 1.29 is 9.50 Å². The van der Waals surface area contributed by atoms with Gasteiger partial charge in [0.05, 0.1) is 12.2 Å². The zero-order chi connectivity index (χ0) is 10.6. The topological polar surface area (TPSA) is 56.1 Å². The second-order valence-electron chi connectivity index (χ2n) is 2.65. The number of nitrogens with one attached hydrogen (secondary N) is 2. The Morgan fingerprint density at radius 2 is 2.29 bits per heavy atom. The first-order valence-corrected chi connectivity index (χ1v) is 4.83. The average molecular weight is 261 g/mol. The first-order valence-electron chi connectivity index (χ1n) is 4.04. The van der Waals surface area contributed by atoms with Crippen LogP contribution in [0, 0.1) is 11.2 Å². The molecule has 0 fully saturated rings. The predicted octanol–water partition coefficient (Wildman–Crippen LogP) is 1.50. The minimum Gasteiger partial charge on any atom is -0.395 e. The van der Waals surface area contributed by atoms with E-state index in [1.54, 1.807) is 6.07 Å². The fraction of sp³-hybridized carbons (Fsp3) is 0.222. The van der Waals surface area contributed by atoms with E-state index in [1.165, 1.54) is 12.1 Å². The summed E-state index contributed by atoms with van der Waals surface area (Å²) in [7, 11) is 0. The van der Waals surface area contributed by atoms with Gasteiger partial charge in [0.15, 0.2) is 0 Å². The number of amidine groups is 1. The van der Waals surface area contributed by atoms with Crippen molar-refractivity contribution in [3.63, 3.8) is 0 Å². The van der Waals surface area contributed by atoms with E-state index in [9.17, 15) is 4.39 Å². The van der Waals surface area contributed by atoms with E-state index in [2.05, 4.69) is 21.2 Å². The first kappa shape index (κ1) is 11.1. The van der Waals surface area contributed by atoms with Crippen LogP contribution in [0.25, 0.3) is 0 Å². The Kier molecular flexibility index (Phi) is 4.03. The molecular formula is C9H10BrFN2O. The molecular weight excluding hydrogens is 251 g/mol. The Hall–Kier alpha value is -0.940. The van der Waals surface area contributed by atoms with Crippen molar-refractivity contribution in [3.8, 4) is 0 Å². The van der Waals surface area contributed by atoms with Gasteiger partial charge < -0.3 is 10.4 Å². The number of benzene rings is 1. The molecule has 0 spiro atoms. The Morgan fingerprint density at radius 1 is 1.57 bits per heavy atom. The van der Waals surface area contributed by atoms with Gasteiger partial charge >= 0.3 is 0 Å². The molecule has 0 unspecified atom stereocenters. The third-order valence-electron chi connectivity index (χ3n) is 1.61. The van der Waals surface area contributed by atoms with Gasteiger partial charge in [-0.2, -0.15) is 0 Å². The van der Waals surface area contributed by atoms with Gasteiger partial charge in [-0.25, -0.2) is 4.39 Å². The standard InChI is InChI=1S/C9H10BrFN2O/c10-6-1-2-7(8(11)5-6)9(12)13-3-4-14/h1-2,5,14H,3-4H2,(H2,12,13). The van der Waals surface area contributed by atoms with Crippen LogP contribution in [0.3, 0.4) is 0 Å². The summed E-state index contributed by atoms with van der Waals surface area (Å²) in [5.41, 5.74) is 0.196. The van der Waals surface area contributed by atoms with Gasteiger partial charge in [0, 0.05) is 11.0 Å². The van der Waals surface area contributed by atoms with Crippen LogP contribution in [0.2, 0.25) is 0 Å². The normalized spacial score (nSPS) is 9.93. The highest BCUT2D eigenvalue weighted by Gasteiger charge is 2.07. The Balaban J connectivity index is 2.80. The Bertz CT molecular complexity index is 344. The minimum absolute atomic E-state index is 0.0240. The first-order chi connectivity index (χ1) is 6.65. The van der Waals surface area contributed by atoms with E-state index in [4.69, 9.17) is 10.5 Å². The van der Waals surface area contributed by atoms with Crippen LogP contribution in [0.1, 0.15) is 5.56 Å². The molecule has 1 rings (SSSR count). The molecule has 0 atom stereocenters. The van der Waals surface area contributed by atoms with E-state index in [1.807, 2.05) is 0 Å². The number of halogens is 2. The molecule has 0 saturated heterocycles. The average Bonchev–Trinajstić information content (AvgIpc) is 2.14. The van der Waals surface area contributed by atoms with Gasteiger partial charge in [0.2, 0.25) is 0 Å². The van der Waals surface area contributed by atoms with Gasteiger partial charge in [-0.15, -0.1) is 0 Å². The van der Waals surface area contributed by atoms with Gasteiger partial charge in [0.1, 0.15) is 11.7 Å². The molecule has 0 amide bonds. The van der Waals surface area contributed by atoms with Gasteiger partial charge in [-0.1, -0.05) is 15.9 Å². The van der Waals surface area contributed by atoms with Crippen molar-refractivity contribution >= 4 is 21.8 Å². The number of hydrogen-bond acceptors (Lipinski definition) is 2. The van der Waals surface area contributed by atoms with E-state index in [-0.39, 0.29) is 24.6 Å². The van der Waals surface area contributed by atoms with Crippen molar-refractivity contribution in [3.05, 3.63) is 34.1 Å². The highest BCUT2D eigenvalue weighted by Crippen LogP contribution is 2.14. The molecule has 1 aromatic rings. The van der Waals surface area contributed by atoms with Crippen molar-refractivity contribution in [2.24, 2.45) is 0 Å². The zero-order valence-electron chi connectivity index (χ0n) is 7.35. The number of hydrogen-bond donors (Lipinski definition) is 3. The molecule has 3 nitrogen and oxygen atoms in total. The summed E-state index contributed by atoms with van der Waals surface area (Å²) in [4.78, 5) is 0. The molecule has 14 heavy (non-hydrogen) atoms. The molecule has 0 aliphatic heterocycles. The highest BCUT2D eigenvalue weighted by molar-refractivity contribution is 9.10. The molecule has 0 bridgehead atoms. The summed E-state index contributed by atoms with van der Waals surface area (Å²) in [6, 6.07) is 4.46. The van der Waals surface area contributed by atoms with Gasteiger partial charge in [-0.05, 0) is 18.2 Å². The molecule has 0 aliphatic carbocycles. The summed E-state index contributed by atoms with van der Waals surface area (Å²) in [6.45, 7) is 0.162. The SMILES string of the molecule is N=C(NCCO)c1ccc(Br)cc1F. The fourth-order valence-electron chi connectivity index (χ4n) is 0.968. The van der Waals surface area contributed by atoms with E-state index >= 15 is 0 Å². The molecule has 0 saturated carbocycles. The summed E-state index contributed by atoms with van der Waals surface area (Å²) < 4.78 is 13.9. The monoisotopic (exact) mass is 260 g/mol. The number of rotatable bonds is 3.